The smallest absolute Gasteiger partial charge is 0.229 e. The Balaban J connectivity index is 0.00000109. The van der Waals surface area contributed by atoms with Crippen molar-refractivity contribution in [1.29, 1.82) is 0 Å². The molecule has 1 aromatic carbocycles. The predicted molar refractivity (Wildman–Crippen MR) is 101 cm³/mol. The Morgan fingerprint density at radius 1 is 1.36 bits per heavy atom. The molecule has 6 heteroatoms. The number of hydrogen-bond acceptors (Lipinski definition) is 3. The highest BCUT2D eigenvalue weighted by molar-refractivity contribution is 6.35. The maximum Gasteiger partial charge on any atom is 0.229 e. The number of rotatable bonds is 6. The number of para-hydroxylation sites is 1. The first-order chi connectivity index (χ1) is 12.2. The van der Waals surface area contributed by atoms with Crippen LogP contribution in [0.15, 0.2) is 24.4 Å². The van der Waals surface area contributed by atoms with E-state index in [9.17, 15) is 9.59 Å². The normalized spacial score (nSPS) is 14.2. The van der Waals surface area contributed by atoms with Gasteiger partial charge in [-0.3, -0.25) is 14.5 Å². The number of amides is 2. The van der Waals surface area contributed by atoms with Crippen molar-refractivity contribution in [2.45, 2.75) is 38.5 Å². The molecule has 1 heterocycles. The summed E-state index contributed by atoms with van der Waals surface area (Å²) in [7, 11) is 1.50. The second-order valence-corrected chi connectivity index (χ2v) is 6.69. The van der Waals surface area contributed by atoms with Crippen LogP contribution in [0.3, 0.4) is 0 Å². The van der Waals surface area contributed by atoms with Gasteiger partial charge in [-0.1, -0.05) is 36.6 Å². The lowest BCUT2D eigenvalue weighted by atomic mass is 10.1. The van der Waals surface area contributed by atoms with Crippen molar-refractivity contribution >= 4 is 34.8 Å². The highest BCUT2D eigenvalue weighted by atomic mass is 35.5. The molecule has 25 heavy (non-hydrogen) atoms. The summed E-state index contributed by atoms with van der Waals surface area (Å²) in [4.78, 5) is 28.1. The molecule has 1 aliphatic rings. The van der Waals surface area contributed by atoms with Crippen LogP contribution in [0.4, 0.5) is 0 Å². The molecule has 0 spiro atoms. The molecular formula is C19H26ClN3O2. The molecule has 5 nitrogen and oxygen atoms in total. The number of carbonyl (C=O) groups excluding carboxylic acids is 2. The summed E-state index contributed by atoms with van der Waals surface area (Å²) < 4.78 is 0. The van der Waals surface area contributed by atoms with E-state index < -0.39 is 0 Å². The summed E-state index contributed by atoms with van der Waals surface area (Å²) in [5.41, 5.74) is 6.46. The molecule has 2 amide bonds. The summed E-state index contributed by atoms with van der Waals surface area (Å²) in [6.07, 6.45) is 8.19. The molecule has 0 radical (unpaired) electrons. The van der Waals surface area contributed by atoms with Gasteiger partial charge in [-0.25, -0.2) is 0 Å². The van der Waals surface area contributed by atoms with Crippen LogP contribution in [0, 0.1) is 5.92 Å². The number of aryl methyl sites for hydroxylation is 1. The Hall–Kier alpha value is -1.85. The maximum absolute atomic E-state index is 12.3. The van der Waals surface area contributed by atoms with Gasteiger partial charge in [-0.2, -0.15) is 0 Å². The minimum atomic E-state index is -0.0942. The Morgan fingerprint density at radius 3 is 2.76 bits per heavy atom. The highest BCUT2D eigenvalue weighted by Gasteiger charge is 2.21. The zero-order chi connectivity index (χ0) is 18.2. The molecule has 0 atom stereocenters. The Morgan fingerprint density at radius 2 is 2.08 bits per heavy atom. The third-order valence-electron chi connectivity index (χ3n) is 4.74. The summed E-state index contributed by atoms with van der Waals surface area (Å²) in [5.74, 6) is 0.388. The van der Waals surface area contributed by atoms with E-state index in [1.165, 1.54) is 24.8 Å². The van der Waals surface area contributed by atoms with E-state index >= 15 is 0 Å². The number of halogens is 1. The van der Waals surface area contributed by atoms with Crippen molar-refractivity contribution in [2.75, 3.05) is 13.6 Å². The fourth-order valence-corrected chi connectivity index (χ4v) is 3.67. The van der Waals surface area contributed by atoms with E-state index in [1.54, 1.807) is 0 Å². The number of aromatic amines is 1. The molecule has 1 aromatic heterocycles. The number of nitrogens with one attached hydrogen (secondary N) is 1. The minimum Gasteiger partial charge on any atom is -0.360 e. The van der Waals surface area contributed by atoms with Crippen molar-refractivity contribution in [3.05, 3.63) is 35.0 Å². The summed E-state index contributed by atoms with van der Waals surface area (Å²) in [6.45, 7) is 0.571. The van der Waals surface area contributed by atoms with Gasteiger partial charge in [0.25, 0.3) is 0 Å². The minimum absolute atomic E-state index is 0.0942. The first-order valence-electron chi connectivity index (χ1n) is 8.76. The number of benzene rings is 1. The average Bonchev–Trinajstić information content (AvgIpc) is 3.30. The van der Waals surface area contributed by atoms with Gasteiger partial charge >= 0.3 is 0 Å². The van der Waals surface area contributed by atoms with E-state index in [4.69, 9.17) is 11.6 Å². The van der Waals surface area contributed by atoms with E-state index in [0.29, 0.717) is 36.7 Å². The molecule has 0 aliphatic heterocycles. The lowest BCUT2D eigenvalue weighted by Gasteiger charge is -2.19. The maximum atomic E-state index is 12.3. The lowest BCUT2D eigenvalue weighted by molar-refractivity contribution is -0.138. The number of hydrogen-bond donors (Lipinski definition) is 2. The number of fused-ring (bicyclic) bond motifs is 1. The largest absolute Gasteiger partial charge is 0.360 e. The average molecular weight is 364 g/mol. The topological polar surface area (TPSA) is 79.2 Å². The van der Waals surface area contributed by atoms with Crippen LogP contribution in [0.5, 0.6) is 0 Å². The molecule has 1 aliphatic carbocycles. The van der Waals surface area contributed by atoms with E-state index in [2.05, 4.69) is 10.7 Å². The quantitative estimate of drug-likeness (QED) is 0.771. The molecule has 0 unspecified atom stereocenters. The number of nitrogens with zero attached hydrogens (tertiary/aromatic N) is 1. The Bertz CT molecular complexity index is 708. The van der Waals surface area contributed by atoms with Crippen molar-refractivity contribution in [1.82, 2.24) is 9.88 Å². The summed E-state index contributed by atoms with van der Waals surface area (Å²) in [6, 6.07) is 5.74. The second kappa shape index (κ2) is 9.59. The third kappa shape index (κ3) is 4.83. The van der Waals surface area contributed by atoms with Crippen molar-refractivity contribution in [2.24, 2.45) is 11.7 Å². The predicted octanol–water partition coefficient (Wildman–Crippen LogP) is 3.50. The van der Waals surface area contributed by atoms with Crippen LogP contribution in [0.1, 0.15) is 37.7 Å². The lowest BCUT2D eigenvalue weighted by Crippen LogP contribution is -2.33. The van der Waals surface area contributed by atoms with Gasteiger partial charge in [0.2, 0.25) is 12.3 Å². The number of H-pyrrole nitrogens is 1. The van der Waals surface area contributed by atoms with E-state index in [-0.39, 0.29) is 5.91 Å². The zero-order valence-electron chi connectivity index (χ0n) is 14.6. The molecule has 0 bridgehead atoms. The van der Waals surface area contributed by atoms with Crippen molar-refractivity contribution in [3.8, 4) is 0 Å². The second-order valence-electron chi connectivity index (χ2n) is 6.28. The van der Waals surface area contributed by atoms with Crippen LogP contribution in [0.25, 0.3) is 10.9 Å². The zero-order valence-corrected chi connectivity index (χ0v) is 15.4. The SMILES string of the molecule is CN.O=CN(CC1CCCC1)C(=O)CCc1c[nH]c2c(Cl)cccc12. The van der Waals surface area contributed by atoms with Crippen LogP contribution in [-0.2, 0) is 16.0 Å². The summed E-state index contributed by atoms with van der Waals surface area (Å²) in [5, 5.41) is 1.72. The fourth-order valence-electron chi connectivity index (χ4n) is 3.44. The molecule has 3 N–H and O–H groups in total. The van der Waals surface area contributed by atoms with Crippen LogP contribution in [-0.4, -0.2) is 35.8 Å². The molecule has 1 saturated carbocycles. The molecule has 136 valence electrons. The first kappa shape index (κ1) is 19.5. The van der Waals surface area contributed by atoms with Gasteiger partial charge in [0.1, 0.15) is 0 Å². The highest BCUT2D eigenvalue weighted by Crippen LogP contribution is 2.27. The molecule has 1 fully saturated rings. The van der Waals surface area contributed by atoms with Crippen LogP contribution >= 0.6 is 11.6 Å². The van der Waals surface area contributed by atoms with Crippen LogP contribution < -0.4 is 5.73 Å². The Labute approximate surface area is 153 Å². The number of imide groups is 1. The van der Waals surface area contributed by atoms with Gasteiger partial charge in [0.05, 0.1) is 10.5 Å². The number of aromatic nitrogens is 1. The van der Waals surface area contributed by atoms with Crippen molar-refractivity contribution in [3.63, 3.8) is 0 Å². The van der Waals surface area contributed by atoms with Gasteiger partial charge in [-0.15, -0.1) is 0 Å². The van der Waals surface area contributed by atoms with Gasteiger partial charge in [0, 0.05) is 24.5 Å². The summed E-state index contributed by atoms with van der Waals surface area (Å²) >= 11 is 6.15. The molecule has 2 aromatic rings. The number of carbonyl (C=O) groups is 2. The molecule has 0 saturated heterocycles. The molecule has 3 rings (SSSR count). The van der Waals surface area contributed by atoms with E-state index in [1.807, 2.05) is 24.4 Å². The van der Waals surface area contributed by atoms with Gasteiger partial charge in [-0.05, 0) is 43.9 Å². The third-order valence-corrected chi connectivity index (χ3v) is 5.05. The van der Waals surface area contributed by atoms with Gasteiger partial charge < -0.3 is 10.7 Å². The van der Waals surface area contributed by atoms with E-state index in [0.717, 1.165) is 29.3 Å². The monoisotopic (exact) mass is 363 g/mol. The number of nitrogens with two attached hydrogens (primary N) is 1. The van der Waals surface area contributed by atoms with Crippen LogP contribution in [0.2, 0.25) is 5.02 Å². The van der Waals surface area contributed by atoms with Crippen molar-refractivity contribution < 1.29 is 9.59 Å². The fraction of sp³-hybridized carbons (Fsp3) is 0.474. The standard InChI is InChI=1S/C18H21ClN2O2.CH5N/c19-16-7-3-6-15-14(10-20-18(15)16)8-9-17(23)21(12-22)11-13-4-1-2-5-13;1-2/h3,6-7,10,12-13,20H,1-2,4-5,8-9,11H2;2H2,1H3. The van der Waals surface area contributed by atoms with Gasteiger partial charge in [0.15, 0.2) is 0 Å². The molecular weight excluding hydrogens is 338 g/mol. The Kier molecular flexibility index (Phi) is 7.47. The first-order valence-corrected chi connectivity index (χ1v) is 9.14.